The normalized spacial score (nSPS) is 13.0. The summed E-state index contributed by atoms with van der Waals surface area (Å²) < 4.78 is 5.89. The number of para-hydroxylation sites is 1. The Morgan fingerprint density at radius 3 is 2.39 bits per heavy atom. The lowest BCUT2D eigenvalue weighted by Gasteiger charge is -2.09. The maximum absolute atomic E-state index is 12.3. The smallest absolute Gasteiger partial charge is 0.271 e. The molecule has 1 aliphatic carbocycles. The van der Waals surface area contributed by atoms with E-state index in [-0.39, 0.29) is 17.7 Å². The maximum Gasteiger partial charge on any atom is 0.271 e. The minimum absolute atomic E-state index is 0.0370. The number of benzene rings is 3. The van der Waals surface area contributed by atoms with E-state index in [9.17, 15) is 9.59 Å². The molecule has 3 aromatic rings. The molecule has 0 atom stereocenters. The molecule has 4 rings (SSSR count). The minimum Gasteiger partial charge on any atom is -0.488 e. The molecule has 0 aromatic heterocycles. The zero-order valence-corrected chi connectivity index (χ0v) is 17.0. The fraction of sp³-hybridized carbons (Fsp3) is 0.160. The van der Waals surface area contributed by atoms with Crippen molar-refractivity contribution in [3.63, 3.8) is 0 Å². The van der Waals surface area contributed by atoms with Crippen molar-refractivity contribution < 1.29 is 14.3 Å². The van der Waals surface area contributed by atoms with Gasteiger partial charge in [-0.3, -0.25) is 9.59 Å². The summed E-state index contributed by atoms with van der Waals surface area (Å²) in [6, 6.07) is 24.1. The summed E-state index contributed by atoms with van der Waals surface area (Å²) in [6.45, 7) is 0.446. The summed E-state index contributed by atoms with van der Waals surface area (Å²) >= 11 is 0. The predicted molar refractivity (Wildman–Crippen MR) is 120 cm³/mol. The summed E-state index contributed by atoms with van der Waals surface area (Å²) in [5.74, 6) is 0.519. The Bertz CT molecular complexity index is 1070. The van der Waals surface area contributed by atoms with E-state index in [1.807, 2.05) is 54.6 Å². The lowest BCUT2D eigenvalue weighted by atomic mass is 10.2. The molecule has 3 aromatic carbocycles. The number of amides is 2. The molecule has 0 saturated heterocycles. The first-order chi connectivity index (χ1) is 15.2. The van der Waals surface area contributed by atoms with Crippen LogP contribution in [-0.4, -0.2) is 18.0 Å². The Kier molecular flexibility index (Phi) is 6.38. The highest BCUT2D eigenvalue weighted by Crippen LogP contribution is 2.30. The highest BCUT2D eigenvalue weighted by Gasteiger charge is 2.29. The number of nitrogens with zero attached hydrogens (tertiary/aromatic N) is 1. The van der Waals surface area contributed by atoms with E-state index in [0.717, 1.165) is 24.0 Å². The lowest BCUT2D eigenvalue weighted by molar-refractivity contribution is -0.117. The first-order valence-electron chi connectivity index (χ1n) is 10.2. The molecular formula is C25H23N3O3. The zero-order chi connectivity index (χ0) is 21.5. The van der Waals surface area contributed by atoms with Crippen molar-refractivity contribution in [2.75, 3.05) is 5.32 Å². The zero-order valence-electron chi connectivity index (χ0n) is 17.0. The van der Waals surface area contributed by atoms with Crippen LogP contribution in [0.2, 0.25) is 0 Å². The number of carbonyl (C=O) groups is 2. The number of hydrogen-bond acceptors (Lipinski definition) is 4. The van der Waals surface area contributed by atoms with Crippen molar-refractivity contribution in [1.29, 1.82) is 0 Å². The molecule has 0 bridgehead atoms. The van der Waals surface area contributed by atoms with Gasteiger partial charge in [-0.1, -0.05) is 42.5 Å². The van der Waals surface area contributed by atoms with Crippen LogP contribution in [0.5, 0.6) is 5.75 Å². The summed E-state index contributed by atoms with van der Waals surface area (Å²) in [5.41, 5.74) is 5.49. The Labute approximate surface area is 180 Å². The molecule has 0 heterocycles. The number of anilines is 1. The minimum atomic E-state index is -0.334. The number of rotatable bonds is 8. The van der Waals surface area contributed by atoms with Crippen LogP contribution in [0.4, 0.5) is 5.69 Å². The van der Waals surface area contributed by atoms with Gasteiger partial charge in [-0.05, 0) is 54.8 Å². The van der Waals surface area contributed by atoms with Crippen molar-refractivity contribution in [2.24, 2.45) is 11.0 Å². The van der Waals surface area contributed by atoms with E-state index in [0.29, 0.717) is 23.6 Å². The number of carbonyl (C=O) groups excluding carboxylic acids is 2. The average molecular weight is 413 g/mol. The van der Waals surface area contributed by atoms with Crippen molar-refractivity contribution in [3.05, 3.63) is 95.6 Å². The number of ether oxygens (including phenoxy) is 1. The van der Waals surface area contributed by atoms with Crippen molar-refractivity contribution in [2.45, 2.75) is 19.4 Å². The van der Waals surface area contributed by atoms with Crippen LogP contribution in [-0.2, 0) is 11.4 Å². The fourth-order valence-electron chi connectivity index (χ4n) is 2.97. The van der Waals surface area contributed by atoms with Gasteiger partial charge in [0, 0.05) is 22.7 Å². The van der Waals surface area contributed by atoms with Gasteiger partial charge >= 0.3 is 0 Å². The van der Waals surface area contributed by atoms with E-state index in [4.69, 9.17) is 4.74 Å². The molecule has 0 aliphatic heterocycles. The Hall–Kier alpha value is -3.93. The molecule has 1 saturated carbocycles. The summed E-state index contributed by atoms with van der Waals surface area (Å²) in [5, 5.41) is 6.91. The van der Waals surface area contributed by atoms with Crippen LogP contribution in [0.25, 0.3) is 0 Å². The highest BCUT2D eigenvalue weighted by molar-refractivity contribution is 5.97. The standard InChI is InChI=1S/C25H23N3O3/c29-24(19-10-11-19)27-22-14-12-20(13-15-22)25(30)28-26-16-21-8-4-5-9-23(21)31-17-18-6-2-1-3-7-18/h1-9,12-16,19H,10-11,17H2,(H,27,29)(H,28,30). The van der Waals surface area contributed by atoms with Gasteiger partial charge in [-0.2, -0.15) is 5.10 Å². The van der Waals surface area contributed by atoms with Crippen LogP contribution < -0.4 is 15.5 Å². The van der Waals surface area contributed by atoms with Crippen molar-refractivity contribution >= 4 is 23.7 Å². The van der Waals surface area contributed by atoms with E-state index < -0.39 is 0 Å². The topological polar surface area (TPSA) is 79.8 Å². The van der Waals surface area contributed by atoms with E-state index >= 15 is 0 Å². The molecule has 6 heteroatoms. The van der Waals surface area contributed by atoms with Crippen LogP contribution in [0, 0.1) is 5.92 Å². The van der Waals surface area contributed by atoms with E-state index in [2.05, 4.69) is 15.8 Å². The quantitative estimate of drug-likeness (QED) is 0.425. The third-order valence-electron chi connectivity index (χ3n) is 4.89. The van der Waals surface area contributed by atoms with Crippen LogP contribution >= 0.6 is 0 Å². The molecule has 156 valence electrons. The molecule has 2 amide bonds. The molecular weight excluding hydrogens is 390 g/mol. The molecule has 31 heavy (non-hydrogen) atoms. The van der Waals surface area contributed by atoms with Crippen molar-refractivity contribution in [3.8, 4) is 5.75 Å². The Morgan fingerprint density at radius 2 is 1.65 bits per heavy atom. The molecule has 1 fully saturated rings. The SMILES string of the molecule is O=C(NN=Cc1ccccc1OCc1ccccc1)c1ccc(NC(=O)C2CC2)cc1. The van der Waals surface area contributed by atoms with Gasteiger partial charge in [0.1, 0.15) is 12.4 Å². The first-order valence-corrected chi connectivity index (χ1v) is 10.2. The number of nitrogens with one attached hydrogen (secondary N) is 2. The number of hydrogen-bond donors (Lipinski definition) is 2. The Balaban J connectivity index is 1.32. The number of hydrazone groups is 1. The van der Waals surface area contributed by atoms with Crippen LogP contribution in [0.3, 0.4) is 0 Å². The third-order valence-corrected chi connectivity index (χ3v) is 4.89. The molecule has 2 N–H and O–H groups in total. The van der Waals surface area contributed by atoms with Crippen LogP contribution in [0.1, 0.15) is 34.3 Å². The first kappa shape index (κ1) is 20.3. The van der Waals surface area contributed by atoms with E-state index in [1.165, 1.54) is 0 Å². The monoisotopic (exact) mass is 413 g/mol. The molecule has 0 radical (unpaired) electrons. The van der Waals surface area contributed by atoms with Gasteiger partial charge in [-0.25, -0.2) is 5.43 Å². The lowest BCUT2D eigenvalue weighted by Crippen LogP contribution is -2.18. The van der Waals surface area contributed by atoms with Gasteiger partial charge in [0.2, 0.25) is 5.91 Å². The fourth-order valence-corrected chi connectivity index (χ4v) is 2.97. The van der Waals surface area contributed by atoms with Crippen molar-refractivity contribution in [1.82, 2.24) is 5.43 Å². The largest absolute Gasteiger partial charge is 0.488 e. The maximum atomic E-state index is 12.3. The molecule has 0 spiro atoms. The highest BCUT2D eigenvalue weighted by atomic mass is 16.5. The second-order valence-corrected chi connectivity index (χ2v) is 7.35. The summed E-state index contributed by atoms with van der Waals surface area (Å²) in [7, 11) is 0. The molecule has 6 nitrogen and oxygen atoms in total. The second-order valence-electron chi connectivity index (χ2n) is 7.35. The van der Waals surface area contributed by atoms with Gasteiger partial charge in [0.15, 0.2) is 0 Å². The summed E-state index contributed by atoms with van der Waals surface area (Å²) in [6.07, 6.45) is 3.46. The third kappa shape index (κ3) is 5.79. The molecule has 1 aliphatic rings. The Morgan fingerprint density at radius 1 is 0.935 bits per heavy atom. The average Bonchev–Trinajstić information content (AvgIpc) is 3.65. The van der Waals surface area contributed by atoms with E-state index in [1.54, 1.807) is 30.5 Å². The predicted octanol–water partition coefficient (Wildman–Crippen LogP) is 4.38. The molecule has 0 unspecified atom stereocenters. The van der Waals surface area contributed by atoms with Gasteiger partial charge in [-0.15, -0.1) is 0 Å². The second kappa shape index (κ2) is 9.71. The van der Waals surface area contributed by atoms with Gasteiger partial charge in [0.05, 0.1) is 6.21 Å². The van der Waals surface area contributed by atoms with Gasteiger partial charge < -0.3 is 10.1 Å². The van der Waals surface area contributed by atoms with Gasteiger partial charge in [0.25, 0.3) is 5.91 Å². The summed E-state index contributed by atoms with van der Waals surface area (Å²) in [4.78, 5) is 24.1. The van der Waals surface area contributed by atoms with Crippen LogP contribution in [0.15, 0.2) is 84.0 Å².